The van der Waals surface area contributed by atoms with Crippen molar-refractivity contribution < 1.29 is 29.7 Å². The van der Waals surface area contributed by atoms with Gasteiger partial charge in [-0.2, -0.15) is 0 Å². The molecule has 0 fully saturated rings. The zero-order valence-electron chi connectivity index (χ0n) is 25.2. The van der Waals surface area contributed by atoms with Crippen LogP contribution in [0.4, 0.5) is 0 Å². The Hall–Kier alpha value is -4.05. The molecule has 0 bridgehead atoms. The second kappa shape index (κ2) is 14.4. The van der Waals surface area contributed by atoms with E-state index >= 15 is 0 Å². The molecule has 0 aliphatic rings. The number of carbonyl (C=O) groups excluding carboxylic acids is 3. The van der Waals surface area contributed by atoms with E-state index in [4.69, 9.17) is 5.73 Å². The van der Waals surface area contributed by atoms with E-state index in [-0.39, 0.29) is 13.0 Å². The van der Waals surface area contributed by atoms with Crippen LogP contribution in [-0.2, 0) is 20.8 Å². The molecule has 3 aromatic rings. The van der Waals surface area contributed by atoms with Gasteiger partial charge in [-0.05, 0) is 59.4 Å². The van der Waals surface area contributed by atoms with Crippen LogP contribution in [0.25, 0.3) is 11.1 Å². The molecule has 43 heavy (non-hydrogen) atoms. The van der Waals surface area contributed by atoms with Crippen molar-refractivity contribution in [1.29, 1.82) is 0 Å². The molecule has 0 unspecified atom stereocenters. The summed E-state index contributed by atoms with van der Waals surface area (Å²) in [5, 5.41) is 36.5. The zero-order valence-corrected chi connectivity index (χ0v) is 25.2. The van der Waals surface area contributed by atoms with Crippen LogP contribution in [0.3, 0.4) is 0 Å². The van der Waals surface area contributed by atoms with E-state index in [1.807, 2.05) is 61.5 Å². The molecular weight excluding hydrogens is 546 g/mol. The maximum atomic E-state index is 13.5. The van der Waals surface area contributed by atoms with Gasteiger partial charge in [0.1, 0.15) is 12.0 Å². The van der Waals surface area contributed by atoms with Crippen LogP contribution < -0.4 is 16.4 Å². The first-order valence-electron chi connectivity index (χ1n) is 14.4. The molecule has 3 atom stereocenters. The third-order valence-electron chi connectivity index (χ3n) is 7.61. The van der Waals surface area contributed by atoms with E-state index in [9.17, 15) is 29.7 Å². The van der Waals surface area contributed by atoms with Crippen molar-refractivity contribution in [3.63, 3.8) is 0 Å². The molecule has 0 spiro atoms. The van der Waals surface area contributed by atoms with E-state index in [1.54, 1.807) is 45.0 Å². The molecular formula is C34H43N3O6. The van der Waals surface area contributed by atoms with Crippen LogP contribution in [0.15, 0.2) is 78.9 Å². The van der Waals surface area contributed by atoms with Gasteiger partial charge in [0.05, 0.1) is 12.6 Å². The predicted molar refractivity (Wildman–Crippen MR) is 165 cm³/mol. The fourth-order valence-electron chi connectivity index (χ4n) is 5.11. The van der Waals surface area contributed by atoms with Gasteiger partial charge in [-0.15, -0.1) is 0 Å². The van der Waals surface area contributed by atoms with Crippen molar-refractivity contribution in [3.05, 3.63) is 95.6 Å². The number of aliphatic hydroxyl groups is 3. The molecule has 0 aliphatic heterocycles. The monoisotopic (exact) mass is 589 g/mol. The second-order valence-corrected chi connectivity index (χ2v) is 12.0. The summed E-state index contributed by atoms with van der Waals surface area (Å²) in [5.74, 6) is -7.69. The third kappa shape index (κ3) is 8.73. The molecule has 0 saturated heterocycles. The quantitative estimate of drug-likeness (QED) is 0.168. The molecule has 0 radical (unpaired) electrons. The first kappa shape index (κ1) is 33.5. The van der Waals surface area contributed by atoms with Crippen LogP contribution in [0.1, 0.15) is 56.3 Å². The molecule has 230 valence electrons. The van der Waals surface area contributed by atoms with Gasteiger partial charge in [-0.25, -0.2) is 0 Å². The fraction of sp³-hybridized carbons (Fsp3) is 0.382. The van der Waals surface area contributed by atoms with Crippen LogP contribution in [-0.4, -0.2) is 51.5 Å². The smallest absolute Gasteiger partial charge is 0.278 e. The molecule has 3 amide bonds. The summed E-state index contributed by atoms with van der Waals surface area (Å²) < 4.78 is 0. The molecule has 7 N–H and O–H groups in total. The number of rotatable bonds is 13. The lowest BCUT2D eigenvalue weighted by Crippen LogP contribution is -2.60. The van der Waals surface area contributed by atoms with E-state index in [0.29, 0.717) is 18.4 Å². The number of hydrogen-bond acceptors (Lipinski definition) is 6. The number of primary amides is 1. The number of amides is 3. The normalized spacial score (nSPS) is 13.9. The number of carbonyl (C=O) groups is 3. The second-order valence-electron chi connectivity index (χ2n) is 12.0. The maximum Gasteiger partial charge on any atom is 0.278 e. The number of nitrogens with two attached hydrogens (primary N) is 1. The summed E-state index contributed by atoms with van der Waals surface area (Å²) in [4.78, 5) is 38.9. The Kier molecular flexibility index (Phi) is 11.2. The van der Waals surface area contributed by atoms with Gasteiger partial charge in [0, 0.05) is 0 Å². The average molecular weight is 590 g/mol. The Bertz CT molecular complexity index is 1390. The summed E-state index contributed by atoms with van der Waals surface area (Å²) in [5.41, 5.74) is 9.41. The highest BCUT2D eigenvalue weighted by Crippen LogP contribution is 2.28. The minimum Gasteiger partial charge on any atom is -0.394 e. The Morgan fingerprint density at radius 2 is 1.47 bits per heavy atom. The van der Waals surface area contributed by atoms with Gasteiger partial charge in [0.25, 0.3) is 11.7 Å². The van der Waals surface area contributed by atoms with Crippen LogP contribution in [0.2, 0.25) is 0 Å². The van der Waals surface area contributed by atoms with E-state index < -0.39 is 46.9 Å². The van der Waals surface area contributed by atoms with Crippen molar-refractivity contribution in [1.82, 2.24) is 10.6 Å². The van der Waals surface area contributed by atoms with Gasteiger partial charge in [0.2, 0.25) is 11.8 Å². The average Bonchev–Trinajstić information content (AvgIpc) is 2.96. The van der Waals surface area contributed by atoms with Crippen molar-refractivity contribution in [2.45, 2.75) is 64.8 Å². The molecule has 9 nitrogen and oxygen atoms in total. The summed E-state index contributed by atoms with van der Waals surface area (Å²) >= 11 is 0. The zero-order chi connectivity index (χ0) is 31.8. The summed E-state index contributed by atoms with van der Waals surface area (Å²) in [6.45, 7) is 6.86. The fourth-order valence-corrected chi connectivity index (χ4v) is 5.11. The van der Waals surface area contributed by atoms with Crippen molar-refractivity contribution in [3.8, 4) is 11.1 Å². The topological polar surface area (TPSA) is 162 Å². The number of benzene rings is 3. The molecule has 0 aromatic heterocycles. The SMILES string of the molecule is Cc1cc(CCC[C@@H](C(=O)N[C@H](C(=O)N[C@H](CO)c2ccccc2)C(C)(C)C)C(O)(O)C(N)=O)ccc1-c1ccccc1. The maximum absolute atomic E-state index is 13.5. The van der Waals surface area contributed by atoms with E-state index in [1.165, 1.54) is 0 Å². The van der Waals surface area contributed by atoms with E-state index in [2.05, 4.69) is 10.6 Å². The first-order valence-corrected chi connectivity index (χ1v) is 14.4. The van der Waals surface area contributed by atoms with Crippen LogP contribution in [0, 0.1) is 18.3 Å². The summed E-state index contributed by atoms with van der Waals surface area (Å²) in [6, 6.07) is 23.1. The summed E-state index contributed by atoms with van der Waals surface area (Å²) in [6.07, 6.45) is 0.765. The van der Waals surface area contributed by atoms with Gasteiger partial charge >= 0.3 is 0 Å². The Morgan fingerprint density at radius 1 is 0.860 bits per heavy atom. The Morgan fingerprint density at radius 3 is 2.00 bits per heavy atom. The lowest BCUT2D eigenvalue weighted by atomic mass is 9.84. The first-order chi connectivity index (χ1) is 20.3. The molecule has 9 heteroatoms. The molecule has 3 aromatic carbocycles. The van der Waals surface area contributed by atoms with Gasteiger partial charge in [-0.3, -0.25) is 14.4 Å². The molecule has 0 saturated carbocycles. The minimum atomic E-state index is -3.13. The Labute approximate surface area is 253 Å². The number of aliphatic hydroxyl groups excluding tert-OH is 1. The highest BCUT2D eigenvalue weighted by Gasteiger charge is 2.46. The van der Waals surface area contributed by atoms with Crippen molar-refractivity contribution >= 4 is 17.7 Å². The number of nitrogens with one attached hydrogen (secondary N) is 2. The minimum absolute atomic E-state index is 0.0803. The summed E-state index contributed by atoms with van der Waals surface area (Å²) in [7, 11) is 0. The van der Waals surface area contributed by atoms with Gasteiger partial charge < -0.3 is 31.7 Å². The van der Waals surface area contributed by atoms with Crippen LogP contribution >= 0.6 is 0 Å². The lowest BCUT2D eigenvalue weighted by molar-refractivity contribution is -0.205. The van der Waals surface area contributed by atoms with E-state index in [0.717, 1.165) is 22.3 Å². The lowest BCUT2D eigenvalue weighted by Gasteiger charge is -2.34. The van der Waals surface area contributed by atoms with Gasteiger partial charge in [0.15, 0.2) is 0 Å². The third-order valence-corrected chi connectivity index (χ3v) is 7.61. The van der Waals surface area contributed by atoms with Crippen LogP contribution in [0.5, 0.6) is 0 Å². The molecule has 3 rings (SSSR count). The standard InChI is InChI=1S/C34H43N3O6/c1-22-20-23(18-19-26(22)24-13-7-5-8-14-24)12-11-17-27(34(42,43)32(35)41)30(39)37-29(33(2,3)4)31(40)36-28(21-38)25-15-9-6-10-16-25/h5-10,13-16,18-20,27-29,38,42-43H,11-12,17,21H2,1-4H3,(H2,35,41)(H,36,40)(H,37,39)/t27-,28+,29+/m0/s1. The van der Waals surface area contributed by atoms with Crippen molar-refractivity contribution in [2.75, 3.05) is 6.61 Å². The molecule has 0 aliphatic carbocycles. The Balaban J connectivity index is 1.75. The number of aryl methyl sites for hydroxylation is 2. The highest BCUT2D eigenvalue weighted by atomic mass is 16.5. The van der Waals surface area contributed by atoms with Gasteiger partial charge in [-0.1, -0.05) is 99.6 Å². The predicted octanol–water partition coefficient (Wildman–Crippen LogP) is 3.15. The molecule has 0 heterocycles. The van der Waals surface area contributed by atoms with Crippen molar-refractivity contribution in [2.24, 2.45) is 17.1 Å². The largest absolute Gasteiger partial charge is 0.394 e. The number of hydrogen-bond donors (Lipinski definition) is 6. The highest BCUT2D eigenvalue weighted by molar-refractivity contribution is 5.93.